The topological polar surface area (TPSA) is 37.9 Å². The van der Waals surface area contributed by atoms with Crippen molar-refractivity contribution in [3.63, 3.8) is 0 Å². The molecule has 0 fully saturated rings. The summed E-state index contributed by atoms with van der Waals surface area (Å²) in [6.45, 7) is 6.30. The van der Waals surface area contributed by atoms with Gasteiger partial charge in [0, 0.05) is 11.1 Å². The average molecular weight is 550 g/mol. The summed E-state index contributed by atoms with van der Waals surface area (Å²) >= 11 is 2.11. The summed E-state index contributed by atoms with van der Waals surface area (Å²) in [6, 6.07) is 17.2. The third-order valence-electron chi connectivity index (χ3n) is 5.26. The maximum atomic E-state index is 13.3. The first-order valence-electron chi connectivity index (χ1n) is 10.1. The molecule has 4 aromatic rings. The summed E-state index contributed by atoms with van der Waals surface area (Å²) in [7, 11) is 0. The molecule has 0 bridgehead atoms. The number of H-pyrrole nitrogens is 1. The second kappa shape index (κ2) is 8.42. The van der Waals surface area contributed by atoms with Gasteiger partial charge in [-0.05, 0) is 70.0 Å². The Bertz CT molecular complexity index is 1270. The highest BCUT2D eigenvalue weighted by Gasteiger charge is 2.33. The Balaban J connectivity index is 1.63. The molecule has 0 unspecified atom stereocenters. The third kappa shape index (κ3) is 4.77. The molecule has 0 atom stereocenters. The molecule has 0 saturated carbocycles. The number of halogens is 4. The molecule has 1 N–H and O–H groups in total. The van der Waals surface area contributed by atoms with Crippen molar-refractivity contribution in [2.45, 2.75) is 39.0 Å². The number of nitrogens with zero attached hydrogens (tertiary/aromatic N) is 1. The van der Waals surface area contributed by atoms with Crippen molar-refractivity contribution in [3.05, 3.63) is 80.9 Å². The summed E-state index contributed by atoms with van der Waals surface area (Å²) < 4.78 is 46.4. The number of imidazole rings is 1. The lowest BCUT2D eigenvalue weighted by Gasteiger charge is -2.18. The lowest BCUT2D eigenvalue weighted by molar-refractivity contribution is -0.138. The first-order valence-corrected chi connectivity index (χ1v) is 11.2. The molecule has 1 aromatic heterocycles. The average Bonchev–Trinajstić information content (AvgIpc) is 3.15. The largest absolute Gasteiger partial charge is 0.488 e. The Morgan fingerprint density at radius 1 is 0.969 bits per heavy atom. The van der Waals surface area contributed by atoms with E-state index in [1.807, 2.05) is 18.2 Å². The Labute approximate surface area is 198 Å². The first-order chi connectivity index (χ1) is 15.0. The van der Waals surface area contributed by atoms with Crippen molar-refractivity contribution < 1.29 is 17.9 Å². The number of hydrogen-bond donors (Lipinski definition) is 1. The van der Waals surface area contributed by atoms with Crippen LogP contribution in [0.5, 0.6) is 5.75 Å². The highest BCUT2D eigenvalue weighted by molar-refractivity contribution is 14.1. The molecule has 0 spiro atoms. The molecule has 3 aromatic carbocycles. The van der Waals surface area contributed by atoms with E-state index in [2.05, 4.69) is 65.5 Å². The van der Waals surface area contributed by atoms with Crippen LogP contribution in [-0.2, 0) is 18.2 Å². The van der Waals surface area contributed by atoms with Crippen LogP contribution in [0, 0.1) is 3.57 Å². The van der Waals surface area contributed by atoms with E-state index in [0.717, 1.165) is 26.2 Å². The van der Waals surface area contributed by atoms with Crippen LogP contribution in [0.4, 0.5) is 13.2 Å². The molecule has 7 heteroatoms. The van der Waals surface area contributed by atoms with Crippen molar-refractivity contribution in [1.29, 1.82) is 0 Å². The van der Waals surface area contributed by atoms with E-state index < -0.39 is 11.7 Å². The van der Waals surface area contributed by atoms with Crippen molar-refractivity contribution in [1.82, 2.24) is 9.97 Å². The quantitative estimate of drug-likeness (QED) is 0.264. The summed E-state index contributed by atoms with van der Waals surface area (Å²) in [4.78, 5) is 8.04. The SMILES string of the molecule is CC(C)(C)c1ccc2nc(-c3ccc(I)c(OCc4ccccc4C(F)(F)F)c3)[nH]c2c1. The van der Waals surface area contributed by atoms with Gasteiger partial charge in [0.15, 0.2) is 0 Å². The number of fused-ring (bicyclic) bond motifs is 1. The van der Waals surface area contributed by atoms with Gasteiger partial charge in [0.25, 0.3) is 0 Å². The molecule has 0 radical (unpaired) electrons. The van der Waals surface area contributed by atoms with E-state index in [-0.39, 0.29) is 17.6 Å². The maximum Gasteiger partial charge on any atom is 0.416 e. The summed E-state index contributed by atoms with van der Waals surface area (Å²) in [5, 5.41) is 0. The molecule has 0 saturated heterocycles. The van der Waals surface area contributed by atoms with Crippen LogP contribution in [0.2, 0.25) is 0 Å². The predicted molar refractivity (Wildman–Crippen MR) is 129 cm³/mol. The molecular formula is C25H22F3IN2O. The lowest BCUT2D eigenvalue weighted by Crippen LogP contribution is -2.11. The predicted octanol–water partition coefficient (Wildman–Crippen LogP) is 7.73. The zero-order chi connectivity index (χ0) is 23.1. The molecular weight excluding hydrogens is 528 g/mol. The van der Waals surface area contributed by atoms with Gasteiger partial charge in [0.2, 0.25) is 0 Å². The van der Waals surface area contributed by atoms with E-state index in [1.165, 1.54) is 17.7 Å². The van der Waals surface area contributed by atoms with Gasteiger partial charge in [0.05, 0.1) is 20.2 Å². The maximum absolute atomic E-state index is 13.3. The highest BCUT2D eigenvalue weighted by Crippen LogP contribution is 2.34. The molecule has 3 nitrogen and oxygen atoms in total. The number of rotatable bonds is 4. The zero-order valence-corrected chi connectivity index (χ0v) is 20.0. The lowest BCUT2D eigenvalue weighted by atomic mass is 9.87. The fraction of sp³-hybridized carbons (Fsp3) is 0.240. The normalized spacial score (nSPS) is 12.3. The molecule has 166 valence electrons. The smallest absolute Gasteiger partial charge is 0.416 e. The molecule has 0 aliphatic carbocycles. The van der Waals surface area contributed by atoms with Gasteiger partial charge in [0.1, 0.15) is 18.2 Å². The van der Waals surface area contributed by atoms with Crippen molar-refractivity contribution in [3.8, 4) is 17.1 Å². The number of hydrogen-bond acceptors (Lipinski definition) is 2. The number of benzene rings is 3. The Kier molecular flexibility index (Phi) is 5.96. The first kappa shape index (κ1) is 22.6. The number of alkyl halides is 3. The monoisotopic (exact) mass is 550 g/mol. The zero-order valence-electron chi connectivity index (χ0n) is 17.8. The Hall–Kier alpha value is -2.55. The minimum Gasteiger partial charge on any atom is -0.488 e. The number of aromatic amines is 1. The van der Waals surface area contributed by atoms with Crippen LogP contribution in [0.3, 0.4) is 0 Å². The van der Waals surface area contributed by atoms with E-state index in [9.17, 15) is 13.2 Å². The van der Waals surface area contributed by atoms with Crippen molar-refractivity contribution >= 4 is 33.6 Å². The molecule has 1 heterocycles. The van der Waals surface area contributed by atoms with Gasteiger partial charge < -0.3 is 9.72 Å². The molecule has 0 amide bonds. The minimum atomic E-state index is -4.42. The standard InChI is InChI=1S/C25H22F3IN2O/c1-24(2,3)17-9-11-20-21(13-17)31-23(30-20)15-8-10-19(29)22(12-15)32-14-16-6-4-5-7-18(16)25(26,27)28/h4-13H,14H2,1-3H3,(H,30,31). The molecule has 4 rings (SSSR count). The van der Waals surface area contributed by atoms with Crippen LogP contribution in [0.15, 0.2) is 60.7 Å². The van der Waals surface area contributed by atoms with Crippen LogP contribution in [0.1, 0.15) is 37.5 Å². The van der Waals surface area contributed by atoms with Crippen molar-refractivity contribution in [2.24, 2.45) is 0 Å². The molecule has 0 aliphatic rings. The number of ether oxygens (including phenoxy) is 1. The summed E-state index contributed by atoms with van der Waals surface area (Å²) in [5.74, 6) is 1.19. The van der Waals surface area contributed by atoms with Crippen LogP contribution in [0.25, 0.3) is 22.4 Å². The summed E-state index contributed by atoms with van der Waals surface area (Å²) in [6.07, 6.45) is -4.42. The van der Waals surface area contributed by atoms with Gasteiger partial charge in [-0.3, -0.25) is 0 Å². The van der Waals surface area contributed by atoms with Gasteiger partial charge in [-0.2, -0.15) is 13.2 Å². The second-order valence-electron chi connectivity index (χ2n) is 8.66. The van der Waals surface area contributed by atoms with Crippen molar-refractivity contribution in [2.75, 3.05) is 0 Å². The Morgan fingerprint density at radius 2 is 1.72 bits per heavy atom. The van der Waals surface area contributed by atoms with Gasteiger partial charge >= 0.3 is 6.18 Å². The van der Waals surface area contributed by atoms with E-state index >= 15 is 0 Å². The van der Waals surface area contributed by atoms with Crippen LogP contribution < -0.4 is 4.74 Å². The summed E-state index contributed by atoms with van der Waals surface area (Å²) in [5.41, 5.74) is 3.24. The second-order valence-corrected chi connectivity index (χ2v) is 9.82. The van der Waals surface area contributed by atoms with Gasteiger partial charge in [-0.1, -0.05) is 45.0 Å². The molecule has 32 heavy (non-hydrogen) atoms. The fourth-order valence-corrected chi connectivity index (χ4v) is 3.94. The van der Waals surface area contributed by atoms with Gasteiger partial charge in [-0.15, -0.1) is 0 Å². The Morgan fingerprint density at radius 3 is 2.44 bits per heavy atom. The number of nitrogens with one attached hydrogen (secondary N) is 1. The van der Waals surface area contributed by atoms with E-state index in [4.69, 9.17) is 4.74 Å². The molecule has 0 aliphatic heterocycles. The van der Waals surface area contributed by atoms with Gasteiger partial charge in [-0.25, -0.2) is 4.98 Å². The van der Waals surface area contributed by atoms with E-state index in [1.54, 1.807) is 12.1 Å². The third-order valence-corrected chi connectivity index (χ3v) is 6.15. The van der Waals surface area contributed by atoms with Crippen LogP contribution in [-0.4, -0.2) is 9.97 Å². The van der Waals surface area contributed by atoms with Crippen LogP contribution >= 0.6 is 22.6 Å². The van der Waals surface area contributed by atoms with E-state index in [0.29, 0.717) is 11.6 Å². The fourth-order valence-electron chi connectivity index (χ4n) is 3.45. The minimum absolute atomic E-state index is 0.0238. The number of aromatic nitrogens is 2. The highest BCUT2D eigenvalue weighted by atomic mass is 127.